The van der Waals surface area contributed by atoms with Crippen molar-refractivity contribution in [3.8, 4) is 0 Å². The monoisotopic (exact) mass is 475 g/mol. The van der Waals surface area contributed by atoms with E-state index in [0.717, 1.165) is 5.57 Å². The van der Waals surface area contributed by atoms with Crippen LogP contribution in [0.2, 0.25) is 0 Å². The Kier molecular flexibility index (Phi) is 5.91. The molecule has 1 unspecified atom stereocenters. The van der Waals surface area contributed by atoms with Gasteiger partial charge in [0.1, 0.15) is 29.2 Å². The minimum Gasteiger partial charge on any atom is -0.382 e. The average Bonchev–Trinajstić information content (AvgIpc) is 3.56. The van der Waals surface area contributed by atoms with E-state index in [1.165, 1.54) is 29.9 Å². The molecule has 4 heterocycles. The summed E-state index contributed by atoms with van der Waals surface area (Å²) < 4.78 is 19.3. The molecule has 0 saturated carbocycles. The van der Waals surface area contributed by atoms with Crippen LogP contribution < -0.4 is 11.1 Å². The second-order valence-electron chi connectivity index (χ2n) is 7.51. The van der Waals surface area contributed by atoms with E-state index in [1.54, 1.807) is 35.8 Å². The highest BCUT2D eigenvalue weighted by Gasteiger charge is 2.23. The molecule has 11 heteroatoms. The van der Waals surface area contributed by atoms with Gasteiger partial charge in [-0.15, -0.1) is 11.3 Å². The number of hydrogen-bond acceptors (Lipinski definition) is 9. The summed E-state index contributed by atoms with van der Waals surface area (Å²) in [5.41, 5.74) is 8.94. The molecular formula is C23H18FN7O2S. The minimum absolute atomic E-state index is 0.0882. The van der Waals surface area contributed by atoms with Crippen molar-refractivity contribution in [3.63, 3.8) is 0 Å². The molecule has 0 spiro atoms. The number of benzene rings is 1. The van der Waals surface area contributed by atoms with Crippen molar-refractivity contribution in [1.29, 1.82) is 0 Å². The fourth-order valence-corrected chi connectivity index (χ4v) is 4.13. The van der Waals surface area contributed by atoms with Crippen molar-refractivity contribution < 1.29 is 13.7 Å². The van der Waals surface area contributed by atoms with Crippen LogP contribution in [0, 0.1) is 5.82 Å². The first-order valence-electron chi connectivity index (χ1n) is 10.3. The van der Waals surface area contributed by atoms with Gasteiger partial charge in [0.15, 0.2) is 16.6 Å². The van der Waals surface area contributed by atoms with Crippen LogP contribution in [0.1, 0.15) is 33.3 Å². The Morgan fingerprint density at radius 2 is 2.15 bits per heavy atom. The van der Waals surface area contributed by atoms with Gasteiger partial charge in [0, 0.05) is 17.6 Å². The van der Waals surface area contributed by atoms with E-state index in [-0.39, 0.29) is 29.2 Å². The van der Waals surface area contributed by atoms with Crippen LogP contribution in [0.3, 0.4) is 0 Å². The van der Waals surface area contributed by atoms with E-state index in [1.807, 2.05) is 6.08 Å². The number of amides is 1. The van der Waals surface area contributed by atoms with E-state index in [9.17, 15) is 9.18 Å². The van der Waals surface area contributed by atoms with Gasteiger partial charge in [0.05, 0.1) is 12.2 Å². The normalized spacial score (nSPS) is 15.5. The van der Waals surface area contributed by atoms with Crippen LogP contribution >= 0.6 is 11.3 Å². The summed E-state index contributed by atoms with van der Waals surface area (Å²) in [5, 5.41) is 8.69. The summed E-state index contributed by atoms with van der Waals surface area (Å²) in [7, 11) is 0. The number of anilines is 2. The molecular weight excluding hydrogens is 457 g/mol. The minimum atomic E-state index is -0.397. The average molecular weight is 476 g/mol. The molecule has 1 amide bonds. The highest BCUT2D eigenvalue weighted by molar-refractivity contribution is 7.11. The first-order chi connectivity index (χ1) is 16.6. The third-order valence-electron chi connectivity index (χ3n) is 5.19. The number of aliphatic imine (C=N–C) groups is 1. The Bertz CT molecular complexity index is 1380. The lowest BCUT2D eigenvalue weighted by molar-refractivity contribution is 0.102. The zero-order chi connectivity index (χ0) is 23.5. The number of nitrogens with one attached hydrogen (secondary N) is 1. The van der Waals surface area contributed by atoms with E-state index in [4.69, 9.17) is 15.2 Å². The molecule has 5 rings (SSSR count). The second kappa shape index (κ2) is 9.32. The smallest absolute Gasteiger partial charge is 0.284 e. The molecule has 3 aromatic heterocycles. The van der Waals surface area contributed by atoms with Gasteiger partial charge in [-0.3, -0.25) is 9.79 Å². The van der Waals surface area contributed by atoms with Crippen molar-refractivity contribution in [2.24, 2.45) is 4.99 Å². The topological polar surface area (TPSA) is 132 Å². The van der Waals surface area contributed by atoms with Crippen LogP contribution in [-0.2, 0) is 6.42 Å². The standard InChI is InChI=1S/C23H18FN7O2S/c24-16-4-2-1-3-13(16)9-15-10-14(17-5-7-33-31-17)11-18(28-15)21-27-12-19(20(25)30-21)29-22(32)23-26-6-8-34-23/h1-8,11-12,15H,9-10H2,(H,29,32)(H2,25,27,30). The number of rotatable bonds is 6. The third-order valence-corrected chi connectivity index (χ3v) is 5.96. The van der Waals surface area contributed by atoms with Crippen LogP contribution in [0.4, 0.5) is 15.9 Å². The van der Waals surface area contributed by atoms with Crippen molar-refractivity contribution in [3.05, 3.63) is 88.4 Å². The number of carbonyl (C=O) groups is 1. The lowest BCUT2D eigenvalue weighted by atomic mass is 9.93. The summed E-state index contributed by atoms with van der Waals surface area (Å²) in [6.45, 7) is 0. The van der Waals surface area contributed by atoms with Crippen LogP contribution in [0.25, 0.3) is 5.57 Å². The fourth-order valence-electron chi connectivity index (χ4n) is 3.60. The predicted molar refractivity (Wildman–Crippen MR) is 126 cm³/mol. The molecule has 0 saturated heterocycles. The number of allylic oxidation sites excluding steroid dienone is 1. The lowest BCUT2D eigenvalue weighted by Gasteiger charge is -2.20. The molecule has 1 atom stereocenters. The Morgan fingerprint density at radius 1 is 1.26 bits per heavy atom. The predicted octanol–water partition coefficient (Wildman–Crippen LogP) is 3.78. The Balaban J connectivity index is 1.44. The molecule has 1 aliphatic heterocycles. The highest BCUT2D eigenvalue weighted by atomic mass is 32.1. The van der Waals surface area contributed by atoms with Gasteiger partial charge in [-0.2, -0.15) is 0 Å². The second-order valence-corrected chi connectivity index (χ2v) is 8.40. The van der Waals surface area contributed by atoms with Crippen molar-refractivity contribution >= 4 is 40.0 Å². The SMILES string of the molecule is Nc1nc(C2=NC(Cc3ccccc3F)CC(c3ccon3)=C2)ncc1NC(=O)c1nccs1. The quantitative estimate of drug-likeness (QED) is 0.434. The van der Waals surface area contributed by atoms with Crippen LogP contribution in [-0.4, -0.2) is 37.8 Å². The molecule has 0 aliphatic carbocycles. The Hall–Kier alpha value is -4.25. The largest absolute Gasteiger partial charge is 0.382 e. The van der Waals surface area contributed by atoms with Crippen LogP contribution in [0.15, 0.2) is 70.0 Å². The van der Waals surface area contributed by atoms with E-state index < -0.39 is 5.91 Å². The van der Waals surface area contributed by atoms with E-state index in [2.05, 4.69) is 25.4 Å². The molecule has 9 nitrogen and oxygen atoms in total. The van der Waals surface area contributed by atoms with E-state index in [0.29, 0.717) is 34.8 Å². The summed E-state index contributed by atoms with van der Waals surface area (Å²) in [4.78, 5) is 29.7. The molecule has 0 bridgehead atoms. The number of nitrogens with zero attached hydrogens (tertiary/aromatic N) is 5. The van der Waals surface area contributed by atoms with Gasteiger partial charge in [0.2, 0.25) is 0 Å². The first kappa shape index (κ1) is 21.6. The molecule has 3 N–H and O–H groups in total. The van der Waals surface area contributed by atoms with Crippen LogP contribution in [0.5, 0.6) is 0 Å². The zero-order valence-electron chi connectivity index (χ0n) is 17.7. The molecule has 1 aliphatic rings. The number of carbonyl (C=O) groups excluding carboxylic acids is 1. The molecule has 0 fully saturated rings. The number of aromatic nitrogens is 4. The van der Waals surface area contributed by atoms with Gasteiger partial charge >= 0.3 is 0 Å². The molecule has 34 heavy (non-hydrogen) atoms. The number of halogens is 1. The number of nitrogens with two attached hydrogens (primary N) is 1. The summed E-state index contributed by atoms with van der Waals surface area (Å²) in [6, 6.07) is 8.11. The summed E-state index contributed by atoms with van der Waals surface area (Å²) in [6.07, 6.45) is 7.21. The number of dihydropyridines is 1. The lowest BCUT2D eigenvalue weighted by Crippen LogP contribution is -2.21. The van der Waals surface area contributed by atoms with Crippen molar-refractivity contribution in [2.75, 3.05) is 11.1 Å². The maximum absolute atomic E-state index is 14.3. The maximum atomic E-state index is 14.3. The first-order valence-corrected chi connectivity index (χ1v) is 11.2. The van der Waals surface area contributed by atoms with Crippen molar-refractivity contribution in [2.45, 2.75) is 18.9 Å². The van der Waals surface area contributed by atoms with E-state index >= 15 is 0 Å². The van der Waals surface area contributed by atoms with Gasteiger partial charge in [-0.05, 0) is 36.1 Å². The number of hydrogen-bond donors (Lipinski definition) is 2. The molecule has 1 aromatic carbocycles. The van der Waals surface area contributed by atoms with Gasteiger partial charge in [-0.25, -0.2) is 19.3 Å². The summed E-state index contributed by atoms with van der Waals surface area (Å²) >= 11 is 1.21. The zero-order valence-corrected chi connectivity index (χ0v) is 18.5. The Labute approximate surface area is 197 Å². The van der Waals surface area contributed by atoms with Gasteiger partial charge in [0.25, 0.3) is 5.91 Å². The molecule has 170 valence electrons. The highest BCUT2D eigenvalue weighted by Crippen LogP contribution is 2.28. The number of nitrogen functional groups attached to an aromatic ring is 1. The van der Waals surface area contributed by atoms with Gasteiger partial charge < -0.3 is 15.6 Å². The fraction of sp³-hybridized carbons (Fsp3) is 0.130. The van der Waals surface area contributed by atoms with Crippen molar-refractivity contribution in [1.82, 2.24) is 20.1 Å². The summed E-state index contributed by atoms with van der Waals surface area (Å²) in [5.74, 6) is -0.307. The molecule has 4 aromatic rings. The molecule has 0 radical (unpaired) electrons. The Morgan fingerprint density at radius 3 is 2.88 bits per heavy atom. The van der Waals surface area contributed by atoms with Gasteiger partial charge in [-0.1, -0.05) is 23.4 Å². The number of thiazole rings is 1. The third kappa shape index (κ3) is 4.59. The maximum Gasteiger partial charge on any atom is 0.284 e.